The van der Waals surface area contributed by atoms with Gasteiger partial charge in [0.15, 0.2) is 0 Å². The number of fused-ring (bicyclic) bond motifs is 12. The van der Waals surface area contributed by atoms with Gasteiger partial charge in [0, 0.05) is 46.7 Å². The van der Waals surface area contributed by atoms with Gasteiger partial charge in [-0.3, -0.25) is 19.2 Å². The lowest BCUT2D eigenvalue weighted by Gasteiger charge is -2.31. The van der Waals surface area contributed by atoms with Gasteiger partial charge in [-0.2, -0.15) is 0 Å². The molecule has 0 radical (unpaired) electrons. The van der Waals surface area contributed by atoms with Crippen LogP contribution in [0.1, 0.15) is 93.9 Å². The first-order valence-electron chi connectivity index (χ1n) is 31.9. The molecule has 97 heavy (non-hydrogen) atoms. The maximum Gasteiger partial charge on any atom is 0.367 e. The number of esters is 4. The average Bonchev–Trinajstić information content (AvgIpc) is 1.65. The lowest BCUT2D eigenvalue weighted by molar-refractivity contribution is -0.170. The fourth-order valence-electron chi connectivity index (χ4n) is 12.9. The highest BCUT2D eigenvalue weighted by atomic mass is 32.2. The fraction of sp³-hybridized carbons (Fsp3) is 0.273. The van der Waals surface area contributed by atoms with Crippen LogP contribution in [0.4, 0.5) is 19.2 Å². The molecule has 20 heteroatoms. The number of ether oxygens (including phenoxy) is 8. The Morgan fingerprint density at radius 1 is 0.247 bits per heavy atom. The molecule has 0 unspecified atom stereocenters. The Morgan fingerprint density at radius 2 is 0.412 bits per heavy atom. The molecule has 0 heterocycles. The standard InChI is InChI=1S/C77H68O16S4/c78-69(33-37-94-73(82)86-41-65-57-25-9-1-17-49(57)50-18-2-10-26-58(50)65)90-45-77(46-91-70(79)34-38-95-74(83)87-42-66-59-27-11-3-19-51(59)52-20-4-12-28-60(52)66,47-92-71(80)35-39-96-75(84)88-43-67-61-29-13-5-21-53(61)54-22-6-14-30-62(54)67)48-93-72(81)36-40-97-76(85)89-44-68-63-31-15-7-23-55(63)56-24-8-16-32-64(56)68/h1-32,65-68H,33-48H2. The number of benzene rings is 8. The summed E-state index contributed by atoms with van der Waals surface area (Å²) in [6.45, 7) is -2.14. The third-order valence-corrected chi connectivity index (χ3v) is 20.6. The van der Waals surface area contributed by atoms with Crippen molar-refractivity contribution < 1.29 is 76.3 Å². The van der Waals surface area contributed by atoms with Gasteiger partial charge in [0.05, 0.1) is 25.7 Å². The summed E-state index contributed by atoms with van der Waals surface area (Å²) in [5.41, 5.74) is 15.2. The van der Waals surface area contributed by atoms with E-state index in [9.17, 15) is 38.4 Å². The second-order valence-electron chi connectivity index (χ2n) is 23.7. The predicted molar refractivity (Wildman–Crippen MR) is 375 cm³/mol. The Balaban J connectivity index is 0.677. The molecular formula is C77H68O16S4. The molecule has 8 aromatic carbocycles. The van der Waals surface area contributed by atoms with E-state index in [1.165, 1.54) is 0 Å². The van der Waals surface area contributed by atoms with Crippen LogP contribution in [-0.2, 0) is 57.1 Å². The summed E-state index contributed by atoms with van der Waals surface area (Å²) in [7, 11) is 0. The van der Waals surface area contributed by atoms with Gasteiger partial charge in [-0.25, -0.2) is 19.2 Å². The van der Waals surface area contributed by atoms with Gasteiger partial charge < -0.3 is 37.9 Å². The van der Waals surface area contributed by atoms with Crippen molar-refractivity contribution in [2.24, 2.45) is 5.41 Å². The van der Waals surface area contributed by atoms with Gasteiger partial charge in [-0.1, -0.05) is 194 Å². The molecule has 0 amide bonds. The van der Waals surface area contributed by atoms with Crippen molar-refractivity contribution >= 4 is 92.1 Å². The molecule has 16 nitrogen and oxygen atoms in total. The average molecular weight is 1380 g/mol. The highest BCUT2D eigenvalue weighted by Crippen LogP contribution is 2.48. The quantitative estimate of drug-likeness (QED) is 0.0329. The molecule has 0 aromatic heterocycles. The Morgan fingerprint density at radius 3 is 0.588 bits per heavy atom. The molecule has 4 aliphatic carbocycles. The number of carbonyl (C=O) groups is 8. The number of carbonyl (C=O) groups excluding carboxylic acids is 8. The zero-order valence-corrected chi connectivity index (χ0v) is 56.0. The Labute approximate surface area is 578 Å². The molecule has 496 valence electrons. The number of hydrogen-bond acceptors (Lipinski definition) is 20. The highest BCUT2D eigenvalue weighted by molar-refractivity contribution is 8.14. The summed E-state index contributed by atoms with van der Waals surface area (Å²) < 4.78 is 46.2. The van der Waals surface area contributed by atoms with Gasteiger partial charge in [0.1, 0.15) is 58.3 Å². The van der Waals surface area contributed by atoms with Crippen LogP contribution in [0.3, 0.4) is 0 Å². The molecule has 4 aliphatic rings. The van der Waals surface area contributed by atoms with Crippen LogP contribution in [0.15, 0.2) is 194 Å². The van der Waals surface area contributed by atoms with Crippen molar-refractivity contribution in [3.8, 4) is 44.5 Å². The van der Waals surface area contributed by atoms with Crippen LogP contribution in [0, 0.1) is 5.41 Å². The molecule has 8 aromatic rings. The van der Waals surface area contributed by atoms with E-state index in [1.807, 2.05) is 194 Å². The molecule has 0 N–H and O–H groups in total. The van der Waals surface area contributed by atoms with Gasteiger partial charge in [0.2, 0.25) is 0 Å². The molecule has 0 atom stereocenters. The minimum atomic E-state index is -1.74. The van der Waals surface area contributed by atoms with E-state index >= 15 is 0 Å². The predicted octanol–water partition coefficient (Wildman–Crippen LogP) is 16.4. The lowest BCUT2D eigenvalue weighted by Crippen LogP contribution is -2.44. The summed E-state index contributed by atoms with van der Waals surface area (Å²) >= 11 is 3.17. The van der Waals surface area contributed by atoms with Crippen LogP contribution < -0.4 is 0 Å². The molecule has 0 aliphatic heterocycles. The van der Waals surface area contributed by atoms with Crippen LogP contribution in [-0.4, -0.2) is 121 Å². The van der Waals surface area contributed by atoms with E-state index < -0.39 is 76.9 Å². The Kier molecular flexibility index (Phi) is 22.6. The number of hydrogen-bond donors (Lipinski definition) is 0. The third-order valence-electron chi connectivity index (χ3n) is 17.6. The minimum Gasteiger partial charge on any atom is -0.465 e. The van der Waals surface area contributed by atoms with Crippen molar-refractivity contribution in [3.05, 3.63) is 239 Å². The molecular weight excluding hydrogens is 1310 g/mol. The summed E-state index contributed by atoms with van der Waals surface area (Å²) in [5.74, 6) is -3.98. The Hall–Kier alpha value is -9.08. The number of thioether (sulfide) groups is 4. The van der Waals surface area contributed by atoms with Crippen molar-refractivity contribution in [2.45, 2.75) is 49.4 Å². The lowest BCUT2D eigenvalue weighted by atomic mass is 9.92. The SMILES string of the molecule is O=C(CCSC(=O)OCC1c2ccccc2-c2ccccc21)OCC(COC(=O)CCSC(=O)OCC1c2ccccc2-c2ccccc21)(COC(=O)CCSC(=O)OCC1c2ccccc2-c2ccccc21)COC(=O)CCSC(=O)OCC1c2ccccc2-c2ccccc21. The van der Waals surface area contributed by atoms with E-state index in [0.717, 1.165) is 136 Å². The van der Waals surface area contributed by atoms with Crippen LogP contribution in [0.2, 0.25) is 0 Å². The number of rotatable bonds is 28. The maximum atomic E-state index is 13.7. The van der Waals surface area contributed by atoms with E-state index in [0.29, 0.717) is 0 Å². The van der Waals surface area contributed by atoms with Crippen LogP contribution in [0.5, 0.6) is 0 Å². The first-order valence-corrected chi connectivity index (χ1v) is 35.9. The van der Waals surface area contributed by atoms with Crippen molar-refractivity contribution in [2.75, 3.05) is 75.9 Å². The van der Waals surface area contributed by atoms with Crippen molar-refractivity contribution in [1.29, 1.82) is 0 Å². The first kappa shape index (κ1) is 67.9. The normalized spacial score (nSPS) is 13.1. The van der Waals surface area contributed by atoms with Gasteiger partial charge in [-0.05, 0) is 136 Å². The molecule has 0 spiro atoms. The zero-order valence-electron chi connectivity index (χ0n) is 52.8. The van der Waals surface area contributed by atoms with Gasteiger partial charge in [-0.15, -0.1) is 0 Å². The van der Waals surface area contributed by atoms with E-state index in [4.69, 9.17) is 37.9 Å². The summed E-state index contributed by atoms with van der Waals surface area (Å²) in [6, 6.07) is 63.6. The van der Waals surface area contributed by atoms with E-state index in [1.54, 1.807) is 0 Å². The largest absolute Gasteiger partial charge is 0.465 e. The second kappa shape index (κ2) is 32.3. The smallest absolute Gasteiger partial charge is 0.367 e. The zero-order chi connectivity index (χ0) is 67.1. The van der Waals surface area contributed by atoms with Crippen LogP contribution in [0.25, 0.3) is 44.5 Å². The van der Waals surface area contributed by atoms with Crippen molar-refractivity contribution in [1.82, 2.24) is 0 Å². The summed E-state index contributed by atoms with van der Waals surface area (Å²) in [6.07, 6.45) is -1.12. The monoisotopic (exact) mass is 1380 g/mol. The van der Waals surface area contributed by atoms with E-state index in [-0.39, 0.29) is 98.8 Å². The molecule has 0 saturated heterocycles. The van der Waals surface area contributed by atoms with E-state index in [2.05, 4.69) is 0 Å². The van der Waals surface area contributed by atoms with Gasteiger partial charge in [0.25, 0.3) is 0 Å². The molecule has 12 rings (SSSR count). The topological polar surface area (TPSA) is 210 Å². The fourth-order valence-corrected chi connectivity index (χ4v) is 15.2. The molecule has 0 fully saturated rings. The highest BCUT2D eigenvalue weighted by Gasteiger charge is 2.39. The molecule has 0 saturated carbocycles. The third kappa shape index (κ3) is 16.5. The second-order valence-corrected chi connectivity index (χ2v) is 27.8. The summed E-state index contributed by atoms with van der Waals surface area (Å²) in [4.78, 5) is 107. The first-order chi connectivity index (χ1) is 47.4. The maximum absolute atomic E-state index is 13.7. The van der Waals surface area contributed by atoms with Gasteiger partial charge >= 0.3 is 45.1 Å². The van der Waals surface area contributed by atoms with Crippen molar-refractivity contribution in [3.63, 3.8) is 0 Å². The Bertz CT molecular complexity index is 3530. The van der Waals surface area contributed by atoms with Crippen LogP contribution >= 0.6 is 47.0 Å². The minimum absolute atomic E-state index is 0.0362. The summed E-state index contributed by atoms with van der Waals surface area (Å²) in [5, 5.41) is -2.39. The molecule has 0 bridgehead atoms.